The fourth-order valence-corrected chi connectivity index (χ4v) is 5.28. The normalized spacial score (nSPS) is 21.8. The number of rotatable bonds is 6. The molecule has 2 saturated heterocycles. The first-order valence-electron chi connectivity index (χ1n) is 12.8. The summed E-state index contributed by atoms with van der Waals surface area (Å²) in [5.41, 5.74) is 10.5. The predicted molar refractivity (Wildman–Crippen MR) is 141 cm³/mol. The Morgan fingerprint density at radius 1 is 1.14 bits per heavy atom. The number of nitrogens with two attached hydrogens (primary N) is 1. The summed E-state index contributed by atoms with van der Waals surface area (Å²) in [5.74, 6) is 1.45. The van der Waals surface area contributed by atoms with E-state index < -0.39 is 0 Å². The molecular weight excluding hydrogens is 472 g/mol. The van der Waals surface area contributed by atoms with Gasteiger partial charge in [-0.2, -0.15) is 4.99 Å². The van der Waals surface area contributed by atoms with Gasteiger partial charge in [0.15, 0.2) is 17.5 Å². The van der Waals surface area contributed by atoms with Crippen molar-refractivity contribution in [2.24, 2.45) is 15.7 Å². The molecule has 0 saturated carbocycles. The molecule has 0 radical (unpaired) electrons. The molecule has 1 amide bonds. The largest absolute Gasteiger partial charge is 0.493 e. The molecule has 196 valence electrons. The van der Waals surface area contributed by atoms with Crippen LogP contribution in [-0.4, -0.2) is 81.8 Å². The van der Waals surface area contributed by atoms with E-state index >= 15 is 0 Å². The highest BCUT2D eigenvalue weighted by atomic mass is 16.5. The molecule has 0 unspecified atom stereocenters. The maximum absolute atomic E-state index is 12.8. The summed E-state index contributed by atoms with van der Waals surface area (Å²) in [6.07, 6.45) is 1.96. The number of guanidine groups is 1. The maximum Gasteiger partial charge on any atom is 0.280 e. The number of hydrogen-bond acceptors (Lipinski definition) is 6. The van der Waals surface area contributed by atoms with Crippen molar-refractivity contribution in [3.63, 3.8) is 0 Å². The van der Waals surface area contributed by atoms with Gasteiger partial charge >= 0.3 is 0 Å². The van der Waals surface area contributed by atoms with E-state index in [-0.39, 0.29) is 29.9 Å². The van der Waals surface area contributed by atoms with Crippen molar-refractivity contribution < 1.29 is 23.7 Å². The third-order valence-electron chi connectivity index (χ3n) is 7.36. The van der Waals surface area contributed by atoms with Crippen LogP contribution in [0.3, 0.4) is 0 Å². The van der Waals surface area contributed by atoms with Gasteiger partial charge in [-0.3, -0.25) is 9.79 Å². The third kappa shape index (κ3) is 5.06. The molecule has 5 rings (SSSR count). The Morgan fingerprint density at radius 3 is 2.57 bits per heavy atom. The molecule has 0 aromatic heterocycles. The van der Waals surface area contributed by atoms with Crippen LogP contribution in [0.5, 0.6) is 11.5 Å². The average molecular weight is 507 g/mol. The Balaban J connectivity index is 1.39. The van der Waals surface area contributed by atoms with Crippen LogP contribution in [0.1, 0.15) is 52.7 Å². The van der Waals surface area contributed by atoms with E-state index in [0.29, 0.717) is 31.1 Å². The van der Waals surface area contributed by atoms with Crippen molar-refractivity contribution in [2.75, 3.05) is 47.1 Å². The number of carbonyl (C=O) groups is 1. The second-order valence-electron chi connectivity index (χ2n) is 9.49. The van der Waals surface area contributed by atoms with Crippen molar-refractivity contribution in [2.45, 2.75) is 37.8 Å². The Kier molecular flexibility index (Phi) is 7.43. The number of amides is 1. The van der Waals surface area contributed by atoms with Gasteiger partial charge in [0.1, 0.15) is 0 Å². The summed E-state index contributed by atoms with van der Waals surface area (Å²) >= 11 is 0. The Hall–Kier alpha value is -3.43. The molecule has 2 aromatic rings. The number of nitrogens with zero attached hydrogens (tertiary/aromatic N) is 3. The van der Waals surface area contributed by atoms with Crippen molar-refractivity contribution in [3.05, 3.63) is 58.7 Å². The van der Waals surface area contributed by atoms with Crippen LogP contribution < -0.4 is 15.2 Å². The van der Waals surface area contributed by atoms with Gasteiger partial charge in [0.25, 0.3) is 5.91 Å². The maximum atomic E-state index is 12.8. The minimum atomic E-state index is -0.365. The minimum Gasteiger partial charge on any atom is -0.493 e. The highest BCUT2D eigenvalue weighted by molar-refractivity contribution is 6.15. The van der Waals surface area contributed by atoms with E-state index in [1.165, 1.54) is 0 Å². The van der Waals surface area contributed by atoms with Crippen LogP contribution in [0.2, 0.25) is 0 Å². The van der Waals surface area contributed by atoms with E-state index in [1.807, 2.05) is 30.0 Å². The molecule has 2 aromatic carbocycles. The van der Waals surface area contributed by atoms with Crippen molar-refractivity contribution >= 4 is 17.6 Å². The second-order valence-corrected chi connectivity index (χ2v) is 9.49. The number of fused-ring (bicyclic) bond motifs is 3. The lowest BCUT2D eigenvalue weighted by Gasteiger charge is -2.31. The highest BCUT2D eigenvalue weighted by Gasteiger charge is 2.37. The SMILES string of the molecule is CCOc1cc2c(cc1OC)C(c1ccc(C(=O)N=C(N)N3CCC(OC)CC3)cc1)=N[C@@H]1COC[C@H]21. The van der Waals surface area contributed by atoms with Gasteiger partial charge in [0, 0.05) is 42.8 Å². The first-order valence-corrected chi connectivity index (χ1v) is 12.8. The number of hydrogen-bond donors (Lipinski definition) is 1. The van der Waals surface area contributed by atoms with E-state index in [2.05, 4.69) is 11.1 Å². The second kappa shape index (κ2) is 10.9. The van der Waals surface area contributed by atoms with Gasteiger partial charge < -0.3 is 29.6 Å². The molecule has 2 fully saturated rings. The number of likely N-dealkylation sites (tertiary alicyclic amines) is 1. The molecule has 9 heteroatoms. The van der Waals surface area contributed by atoms with E-state index in [4.69, 9.17) is 29.7 Å². The third-order valence-corrected chi connectivity index (χ3v) is 7.36. The van der Waals surface area contributed by atoms with E-state index in [0.717, 1.165) is 54.1 Å². The lowest BCUT2D eigenvalue weighted by molar-refractivity contribution is 0.0575. The molecule has 3 aliphatic heterocycles. The molecule has 9 nitrogen and oxygen atoms in total. The van der Waals surface area contributed by atoms with Crippen LogP contribution in [0, 0.1) is 0 Å². The van der Waals surface area contributed by atoms with Crippen LogP contribution in [0.15, 0.2) is 46.4 Å². The monoisotopic (exact) mass is 506 g/mol. The predicted octanol–water partition coefficient (Wildman–Crippen LogP) is 2.99. The molecule has 2 N–H and O–H groups in total. The van der Waals surface area contributed by atoms with Crippen LogP contribution in [-0.2, 0) is 9.47 Å². The summed E-state index contributed by atoms with van der Waals surface area (Å²) in [5, 5.41) is 0. The van der Waals surface area contributed by atoms with Gasteiger partial charge in [-0.1, -0.05) is 12.1 Å². The number of methoxy groups -OCH3 is 2. The zero-order chi connectivity index (χ0) is 25.9. The number of benzene rings is 2. The van der Waals surface area contributed by atoms with Gasteiger partial charge in [0.2, 0.25) is 0 Å². The highest BCUT2D eigenvalue weighted by Crippen LogP contribution is 2.42. The summed E-state index contributed by atoms with van der Waals surface area (Å²) in [6, 6.07) is 11.5. The summed E-state index contributed by atoms with van der Waals surface area (Å²) in [7, 11) is 3.36. The average Bonchev–Trinajstić information content (AvgIpc) is 3.41. The molecule has 3 heterocycles. The van der Waals surface area contributed by atoms with Crippen LogP contribution in [0.25, 0.3) is 0 Å². The first-order chi connectivity index (χ1) is 18.0. The molecule has 0 aliphatic carbocycles. The summed E-state index contributed by atoms with van der Waals surface area (Å²) < 4.78 is 22.6. The van der Waals surface area contributed by atoms with Gasteiger partial charge in [0.05, 0.1) is 44.8 Å². The number of carbonyl (C=O) groups excluding carboxylic acids is 1. The zero-order valence-corrected chi connectivity index (χ0v) is 21.6. The lowest BCUT2D eigenvalue weighted by atomic mass is 9.83. The molecule has 37 heavy (non-hydrogen) atoms. The van der Waals surface area contributed by atoms with E-state index in [1.54, 1.807) is 26.4 Å². The van der Waals surface area contributed by atoms with Crippen LogP contribution in [0.4, 0.5) is 0 Å². The quantitative estimate of drug-likeness (QED) is 0.474. The number of aliphatic imine (C=N–C) groups is 2. The van der Waals surface area contributed by atoms with E-state index in [9.17, 15) is 4.79 Å². The fourth-order valence-electron chi connectivity index (χ4n) is 5.28. The minimum absolute atomic E-state index is 0.0401. The number of piperidine rings is 1. The standard InChI is InChI=1S/C28H34N4O5/c1-4-37-25-13-20-21(14-24(25)35-3)26(30-23-16-36-15-22(20)23)17-5-7-18(8-6-17)27(33)31-28(29)32-11-9-19(34-2)10-12-32/h5-8,13-14,19,22-23H,4,9-12,15-16H2,1-3H3,(H2,29,31,33)/t22-,23-/m1/s1. The topological polar surface area (TPSA) is 108 Å². The van der Waals surface area contributed by atoms with Gasteiger partial charge in [-0.25, -0.2) is 0 Å². The van der Waals surface area contributed by atoms with Gasteiger partial charge in [-0.05, 0) is 49.6 Å². The molecule has 2 atom stereocenters. The number of ether oxygens (including phenoxy) is 4. The fraction of sp³-hybridized carbons (Fsp3) is 0.464. The van der Waals surface area contributed by atoms with Crippen molar-refractivity contribution in [1.82, 2.24) is 4.90 Å². The molecule has 0 bridgehead atoms. The smallest absolute Gasteiger partial charge is 0.280 e. The van der Waals surface area contributed by atoms with Crippen molar-refractivity contribution in [1.29, 1.82) is 0 Å². The Morgan fingerprint density at radius 2 is 1.89 bits per heavy atom. The summed E-state index contributed by atoms with van der Waals surface area (Å²) in [6.45, 7) is 5.16. The Bertz CT molecular complexity index is 1200. The Labute approximate surface area is 217 Å². The van der Waals surface area contributed by atoms with Crippen molar-refractivity contribution in [3.8, 4) is 11.5 Å². The van der Waals surface area contributed by atoms with Gasteiger partial charge in [-0.15, -0.1) is 0 Å². The first kappa shape index (κ1) is 25.2. The van der Waals surface area contributed by atoms with Crippen LogP contribution >= 0.6 is 0 Å². The molecule has 3 aliphatic rings. The lowest BCUT2D eigenvalue weighted by Crippen LogP contribution is -2.44. The summed E-state index contributed by atoms with van der Waals surface area (Å²) in [4.78, 5) is 24.0. The zero-order valence-electron chi connectivity index (χ0n) is 21.6. The molecular formula is C28H34N4O5. The molecule has 0 spiro atoms.